The molecule has 2 aromatic heterocycles. The summed E-state index contributed by atoms with van der Waals surface area (Å²) in [5.74, 6) is 6.54. The maximum Gasteiger partial charge on any atom is 0.304 e. The van der Waals surface area contributed by atoms with Crippen LogP contribution >= 0.6 is 0 Å². The molecule has 4 aromatic rings. The molecule has 0 aliphatic heterocycles. The Kier molecular flexibility index (Phi) is 9.30. The molecule has 0 fully saturated rings. The van der Waals surface area contributed by atoms with E-state index in [4.69, 9.17) is 24.7 Å². The van der Waals surface area contributed by atoms with Crippen LogP contribution in [0.5, 0.6) is 11.5 Å². The molecule has 0 spiro atoms. The zero-order chi connectivity index (χ0) is 29.6. The Labute approximate surface area is 240 Å². The van der Waals surface area contributed by atoms with E-state index in [1.54, 1.807) is 11.4 Å². The maximum atomic E-state index is 11.3. The SMILES string of the molecule is CC#CC(CC(=O)O)c1ccc(OCc2ccc3nc(-c4c(C)cc(OCCCS(C)(=O)=O)cc4C)nn3c2)cc1. The molecule has 1 N–H and O–H groups in total. The third-order valence-electron chi connectivity index (χ3n) is 6.44. The number of hydrogen-bond donors (Lipinski definition) is 1. The summed E-state index contributed by atoms with van der Waals surface area (Å²) in [7, 11) is -3.01. The predicted octanol–water partition coefficient (Wildman–Crippen LogP) is 4.99. The van der Waals surface area contributed by atoms with Crippen molar-refractivity contribution in [3.63, 3.8) is 0 Å². The van der Waals surface area contributed by atoms with Crippen LogP contribution in [0.2, 0.25) is 0 Å². The molecule has 0 saturated heterocycles. The number of aromatic nitrogens is 3. The van der Waals surface area contributed by atoms with Crippen LogP contribution in [0.4, 0.5) is 0 Å². The van der Waals surface area contributed by atoms with Crippen molar-refractivity contribution in [2.24, 2.45) is 0 Å². The van der Waals surface area contributed by atoms with Gasteiger partial charge in [-0.2, -0.15) is 0 Å². The molecule has 0 aliphatic carbocycles. The van der Waals surface area contributed by atoms with Gasteiger partial charge < -0.3 is 14.6 Å². The number of hydrogen-bond acceptors (Lipinski definition) is 7. The van der Waals surface area contributed by atoms with E-state index in [-0.39, 0.29) is 18.1 Å². The number of nitrogens with zero attached hydrogens (tertiary/aromatic N) is 3. The average Bonchev–Trinajstić information content (AvgIpc) is 3.31. The molecule has 10 heteroatoms. The number of carbonyl (C=O) groups is 1. The van der Waals surface area contributed by atoms with Crippen molar-refractivity contribution in [2.45, 2.75) is 46.1 Å². The molecule has 9 nitrogen and oxygen atoms in total. The number of fused-ring (bicyclic) bond motifs is 1. The molecule has 1 atom stereocenters. The second-order valence-electron chi connectivity index (χ2n) is 9.94. The molecule has 2 aromatic carbocycles. The minimum Gasteiger partial charge on any atom is -0.494 e. The highest BCUT2D eigenvalue weighted by Gasteiger charge is 2.15. The fourth-order valence-electron chi connectivity index (χ4n) is 4.55. The summed E-state index contributed by atoms with van der Waals surface area (Å²) >= 11 is 0. The lowest BCUT2D eigenvalue weighted by Gasteiger charge is -2.11. The fraction of sp³-hybridized carbons (Fsp3) is 0.323. The van der Waals surface area contributed by atoms with Gasteiger partial charge in [0.2, 0.25) is 0 Å². The smallest absolute Gasteiger partial charge is 0.304 e. The Bertz CT molecular complexity index is 1690. The zero-order valence-corrected chi connectivity index (χ0v) is 24.4. The van der Waals surface area contributed by atoms with E-state index >= 15 is 0 Å². The molecule has 1 unspecified atom stereocenters. The minimum absolute atomic E-state index is 0.0504. The van der Waals surface area contributed by atoms with Crippen molar-refractivity contribution in [1.82, 2.24) is 14.6 Å². The first kappa shape index (κ1) is 29.6. The Morgan fingerprint density at radius 3 is 2.39 bits per heavy atom. The Morgan fingerprint density at radius 2 is 1.76 bits per heavy atom. The molecule has 0 radical (unpaired) electrons. The monoisotopic (exact) mass is 575 g/mol. The summed E-state index contributed by atoms with van der Waals surface area (Å²) in [4.78, 5) is 15.9. The third kappa shape index (κ3) is 8.08. The van der Waals surface area contributed by atoms with E-state index in [0.29, 0.717) is 42.6 Å². The van der Waals surface area contributed by atoms with E-state index in [9.17, 15) is 13.2 Å². The molecule has 41 heavy (non-hydrogen) atoms. The van der Waals surface area contributed by atoms with Crippen LogP contribution in [0.15, 0.2) is 54.7 Å². The zero-order valence-electron chi connectivity index (χ0n) is 23.5. The lowest BCUT2D eigenvalue weighted by Crippen LogP contribution is -2.08. The van der Waals surface area contributed by atoms with Crippen LogP contribution in [0, 0.1) is 25.7 Å². The summed E-state index contributed by atoms with van der Waals surface area (Å²) in [6.45, 7) is 6.29. The number of ether oxygens (including phenoxy) is 2. The molecule has 0 bridgehead atoms. The molecule has 0 saturated carbocycles. The van der Waals surface area contributed by atoms with Crippen molar-refractivity contribution < 1.29 is 27.8 Å². The Morgan fingerprint density at radius 1 is 1.05 bits per heavy atom. The second-order valence-corrected chi connectivity index (χ2v) is 12.2. The van der Waals surface area contributed by atoms with Gasteiger partial charge in [0.05, 0.1) is 24.7 Å². The molecule has 0 aliphatic rings. The standard InChI is InChI=1S/C31H33N3O6S/c1-5-7-25(18-29(35)36)24-9-11-26(12-10-24)40-20-23-8-13-28-32-31(33-34(28)19-23)30-21(2)16-27(17-22(30)3)39-14-6-15-41(4,37)38/h8-13,16-17,19,25H,6,14-15,18,20H2,1-4H3,(H,35,36). The highest BCUT2D eigenvalue weighted by molar-refractivity contribution is 7.90. The number of aliphatic carboxylic acids is 1. The topological polar surface area (TPSA) is 120 Å². The Hall–Kier alpha value is -4.36. The van der Waals surface area contributed by atoms with Crippen molar-refractivity contribution in [2.75, 3.05) is 18.6 Å². The predicted molar refractivity (Wildman–Crippen MR) is 157 cm³/mol. The molecular weight excluding hydrogens is 542 g/mol. The summed E-state index contributed by atoms with van der Waals surface area (Å²) < 4.78 is 36.1. The van der Waals surface area contributed by atoms with Crippen LogP contribution in [0.25, 0.3) is 17.0 Å². The van der Waals surface area contributed by atoms with Gasteiger partial charge in [0.25, 0.3) is 0 Å². The van der Waals surface area contributed by atoms with Gasteiger partial charge in [-0.05, 0) is 74.2 Å². The van der Waals surface area contributed by atoms with Gasteiger partial charge in [-0.3, -0.25) is 4.79 Å². The van der Waals surface area contributed by atoms with Crippen molar-refractivity contribution in [3.8, 4) is 34.7 Å². The molecule has 2 heterocycles. The average molecular weight is 576 g/mol. The van der Waals surface area contributed by atoms with E-state index in [1.807, 2.05) is 68.6 Å². The lowest BCUT2D eigenvalue weighted by molar-refractivity contribution is -0.137. The summed E-state index contributed by atoms with van der Waals surface area (Å²) in [5.41, 5.74) is 5.29. The molecule has 0 amide bonds. The van der Waals surface area contributed by atoms with E-state index in [1.165, 1.54) is 6.26 Å². The Balaban J connectivity index is 1.43. The largest absolute Gasteiger partial charge is 0.494 e. The highest BCUT2D eigenvalue weighted by atomic mass is 32.2. The summed E-state index contributed by atoms with van der Waals surface area (Å²) in [6.07, 6.45) is 3.49. The first-order chi connectivity index (χ1) is 19.5. The quantitative estimate of drug-likeness (QED) is 0.185. The first-order valence-corrected chi connectivity index (χ1v) is 15.2. The molecule has 4 rings (SSSR count). The normalized spacial score (nSPS) is 12.0. The first-order valence-electron chi connectivity index (χ1n) is 13.2. The summed E-state index contributed by atoms with van der Waals surface area (Å²) in [5, 5.41) is 13.9. The van der Waals surface area contributed by atoms with Crippen LogP contribution in [0.1, 0.15) is 47.9 Å². The number of rotatable bonds is 12. The van der Waals surface area contributed by atoms with E-state index in [2.05, 4.69) is 11.8 Å². The number of aryl methyl sites for hydroxylation is 2. The third-order valence-corrected chi connectivity index (χ3v) is 7.47. The molecule has 214 valence electrons. The van der Waals surface area contributed by atoms with Gasteiger partial charge in [-0.15, -0.1) is 11.0 Å². The van der Waals surface area contributed by atoms with Crippen molar-refractivity contribution in [1.29, 1.82) is 0 Å². The second kappa shape index (κ2) is 12.9. The molecular formula is C31H33N3O6S. The van der Waals surface area contributed by atoms with Gasteiger partial charge in [-0.1, -0.05) is 24.1 Å². The van der Waals surface area contributed by atoms with Gasteiger partial charge in [0.1, 0.15) is 27.9 Å². The number of carboxylic acids is 1. The lowest BCUT2D eigenvalue weighted by atomic mass is 9.96. The van der Waals surface area contributed by atoms with Gasteiger partial charge in [-0.25, -0.2) is 17.9 Å². The van der Waals surface area contributed by atoms with Gasteiger partial charge >= 0.3 is 5.97 Å². The van der Waals surface area contributed by atoms with Crippen molar-refractivity contribution in [3.05, 3.63) is 77.0 Å². The highest BCUT2D eigenvalue weighted by Crippen LogP contribution is 2.30. The van der Waals surface area contributed by atoms with Crippen molar-refractivity contribution >= 4 is 21.5 Å². The maximum absolute atomic E-state index is 11.3. The number of pyridine rings is 1. The van der Waals surface area contributed by atoms with Gasteiger partial charge in [0, 0.05) is 23.6 Å². The number of benzene rings is 2. The van der Waals surface area contributed by atoms with Crippen LogP contribution in [0.3, 0.4) is 0 Å². The minimum atomic E-state index is -3.01. The van der Waals surface area contributed by atoms with Crippen LogP contribution in [-0.2, 0) is 21.2 Å². The summed E-state index contributed by atoms with van der Waals surface area (Å²) in [6, 6.07) is 15.0. The number of sulfone groups is 1. The van der Waals surface area contributed by atoms with E-state index in [0.717, 1.165) is 27.8 Å². The van der Waals surface area contributed by atoms with E-state index < -0.39 is 15.8 Å². The van der Waals surface area contributed by atoms with Crippen LogP contribution < -0.4 is 9.47 Å². The fourth-order valence-corrected chi connectivity index (χ4v) is 5.19. The van der Waals surface area contributed by atoms with Crippen LogP contribution in [-0.4, -0.2) is 52.7 Å². The van der Waals surface area contributed by atoms with Gasteiger partial charge in [0.15, 0.2) is 11.5 Å². The number of carboxylic acid groups (broad SMARTS) is 1.